The average molecular weight is 258 g/mol. The van der Waals surface area contributed by atoms with Crippen LogP contribution in [-0.2, 0) is 9.47 Å². The predicted octanol–water partition coefficient (Wildman–Crippen LogP) is 2.70. The van der Waals surface area contributed by atoms with Crippen LogP contribution in [0.1, 0.15) is 59.3 Å². The van der Waals surface area contributed by atoms with E-state index in [0.717, 1.165) is 12.8 Å². The highest BCUT2D eigenvalue weighted by molar-refractivity contribution is 5.66. The molecule has 1 rings (SSSR count). The lowest BCUT2D eigenvalue weighted by Crippen LogP contribution is -2.38. The normalized spacial score (nSPS) is 19.3. The highest BCUT2D eigenvalue weighted by Crippen LogP contribution is 2.27. The number of carbonyl (C=O) groups is 1. The van der Waals surface area contributed by atoms with E-state index >= 15 is 0 Å². The lowest BCUT2D eigenvalue weighted by atomic mass is 9.91. The first-order valence-electron chi connectivity index (χ1n) is 6.73. The second-order valence-electron chi connectivity index (χ2n) is 6.14. The minimum absolute atomic E-state index is 0.0359. The molecule has 106 valence electrons. The van der Waals surface area contributed by atoms with Gasteiger partial charge in [-0.15, -0.1) is 0 Å². The zero-order chi connectivity index (χ0) is 13.6. The number of hydrazine groups is 1. The maximum Gasteiger partial charge on any atom is 0.423 e. The summed E-state index contributed by atoms with van der Waals surface area (Å²) in [4.78, 5) is 11.2. The molecule has 0 aromatic carbocycles. The molecule has 5 nitrogen and oxygen atoms in total. The van der Waals surface area contributed by atoms with Crippen LogP contribution in [0.2, 0.25) is 0 Å². The fraction of sp³-hybridized carbons (Fsp3) is 0.923. The summed E-state index contributed by atoms with van der Waals surface area (Å²) in [5, 5.41) is 0. The third kappa shape index (κ3) is 6.21. The third-order valence-electron chi connectivity index (χ3n) is 3.03. The highest BCUT2D eigenvalue weighted by Gasteiger charge is 2.26. The Kier molecular flexibility index (Phi) is 5.88. The van der Waals surface area contributed by atoms with Gasteiger partial charge in [0, 0.05) is 6.42 Å². The van der Waals surface area contributed by atoms with Crippen LogP contribution in [0.15, 0.2) is 0 Å². The van der Waals surface area contributed by atoms with Crippen molar-refractivity contribution in [2.24, 2.45) is 11.3 Å². The van der Waals surface area contributed by atoms with Gasteiger partial charge in [0.05, 0.1) is 6.10 Å². The summed E-state index contributed by atoms with van der Waals surface area (Å²) in [7, 11) is 0. The smallest absolute Gasteiger partial charge is 0.419 e. The van der Waals surface area contributed by atoms with Gasteiger partial charge in [0.15, 0.2) is 0 Å². The van der Waals surface area contributed by atoms with Gasteiger partial charge in [-0.25, -0.2) is 10.6 Å². The number of hydrogen-bond acceptors (Lipinski definition) is 4. The van der Waals surface area contributed by atoms with Crippen LogP contribution < -0.4 is 11.3 Å². The molecule has 0 radical (unpaired) electrons. The van der Waals surface area contributed by atoms with Crippen LogP contribution in [-0.4, -0.2) is 18.5 Å². The molecule has 1 saturated carbocycles. The lowest BCUT2D eigenvalue weighted by molar-refractivity contribution is -0.158. The van der Waals surface area contributed by atoms with Gasteiger partial charge < -0.3 is 9.47 Å². The molecule has 0 aromatic heterocycles. The topological polar surface area (TPSA) is 73.6 Å². The van der Waals surface area contributed by atoms with E-state index in [0.29, 0.717) is 6.42 Å². The zero-order valence-corrected chi connectivity index (χ0v) is 11.7. The number of hydrogen-bond donors (Lipinski definition) is 2. The monoisotopic (exact) mass is 258 g/mol. The molecule has 0 heterocycles. The van der Waals surface area contributed by atoms with Gasteiger partial charge in [-0.05, 0) is 18.3 Å². The van der Waals surface area contributed by atoms with Crippen LogP contribution >= 0.6 is 0 Å². The summed E-state index contributed by atoms with van der Waals surface area (Å²) in [5.74, 6) is 5.04. The van der Waals surface area contributed by atoms with Gasteiger partial charge in [0.2, 0.25) is 6.29 Å². The van der Waals surface area contributed by atoms with Gasteiger partial charge in [-0.1, -0.05) is 40.0 Å². The molecule has 0 bridgehead atoms. The molecule has 5 heteroatoms. The predicted molar refractivity (Wildman–Crippen MR) is 69.6 cm³/mol. The number of carbonyl (C=O) groups excluding carboxylic acids is 1. The average Bonchev–Trinajstić information content (AvgIpc) is 2.27. The number of nitrogens with two attached hydrogens (primary N) is 1. The molecule has 18 heavy (non-hydrogen) atoms. The Bertz CT molecular complexity index is 257. The summed E-state index contributed by atoms with van der Waals surface area (Å²) < 4.78 is 11.1. The Hall–Kier alpha value is -0.810. The molecule has 1 amide bonds. The van der Waals surface area contributed by atoms with Crippen LogP contribution in [0.3, 0.4) is 0 Å². The Labute approximate surface area is 109 Å². The van der Waals surface area contributed by atoms with Gasteiger partial charge in [-0.3, -0.25) is 5.43 Å². The highest BCUT2D eigenvalue weighted by atomic mass is 16.7. The van der Waals surface area contributed by atoms with E-state index in [2.05, 4.69) is 20.8 Å². The molecular weight excluding hydrogens is 232 g/mol. The van der Waals surface area contributed by atoms with Crippen LogP contribution in [0.25, 0.3) is 0 Å². The van der Waals surface area contributed by atoms with E-state index in [1.54, 1.807) is 0 Å². The number of ether oxygens (including phenoxy) is 2. The molecule has 1 unspecified atom stereocenters. The molecule has 1 fully saturated rings. The third-order valence-corrected chi connectivity index (χ3v) is 3.03. The van der Waals surface area contributed by atoms with Crippen molar-refractivity contribution in [2.45, 2.75) is 71.7 Å². The zero-order valence-electron chi connectivity index (χ0n) is 11.7. The van der Waals surface area contributed by atoms with Crippen molar-refractivity contribution in [1.82, 2.24) is 5.43 Å². The van der Waals surface area contributed by atoms with E-state index in [4.69, 9.17) is 15.3 Å². The maximum atomic E-state index is 11.2. The summed E-state index contributed by atoms with van der Waals surface area (Å²) in [6.45, 7) is 6.27. The van der Waals surface area contributed by atoms with Crippen molar-refractivity contribution in [3.63, 3.8) is 0 Å². The number of rotatable bonds is 4. The molecule has 1 atom stereocenters. The molecule has 0 spiro atoms. The van der Waals surface area contributed by atoms with Gasteiger partial charge in [-0.2, -0.15) is 0 Å². The molecule has 0 aliphatic heterocycles. The summed E-state index contributed by atoms with van der Waals surface area (Å²) in [6.07, 6.45) is 5.47. The molecular formula is C13H26N2O3. The van der Waals surface area contributed by atoms with E-state index < -0.39 is 12.4 Å². The Morgan fingerprint density at radius 3 is 2.44 bits per heavy atom. The second-order valence-corrected chi connectivity index (χ2v) is 6.14. The molecule has 0 aromatic rings. The van der Waals surface area contributed by atoms with Crippen molar-refractivity contribution < 1.29 is 14.3 Å². The van der Waals surface area contributed by atoms with Crippen molar-refractivity contribution in [2.75, 3.05) is 0 Å². The Morgan fingerprint density at radius 2 is 1.94 bits per heavy atom. The standard InChI is InChI=1S/C13H26N2O3/c1-13(2,3)9-11(18-12(16)15-14)17-10-7-5-4-6-8-10/h10-11H,4-9,14H2,1-3H3,(H,15,16). The van der Waals surface area contributed by atoms with E-state index in [1.165, 1.54) is 19.3 Å². The minimum Gasteiger partial charge on any atom is -0.419 e. The summed E-state index contributed by atoms with van der Waals surface area (Å²) in [6, 6.07) is 0. The van der Waals surface area contributed by atoms with Gasteiger partial charge in [0.1, 0.15) is 0 Å². The van der Waals surface area contributed by atoms with Crippen molar-refractivity contribution in [3.05, 3.63) is 0 Å². The van der Waals surface area contributed by atoms with Crippen LogP contribution in [0.5, 0.6) is 0 Å². The number of amides is 1. The van der Waals surface area contributed by atoms with Crippen LogP contribution in [0.4, 0.5) is 4.79 Å². The van der Waals surface area contributed by atoms with Crippen molar-refractivity contribution in [3.8, 4) is 0 Å². The Balaban J connectivity index is 2.49. The van der Waals surface area contributed by atoms with Gasteiger partial charge >= 0.3 is 6.09 Å². The first-order chi connectivity index (χ1) is 8.40. The fourth-order valence-corrected chi connectivity index (χ4v) is 2.19. The van der Waals surface area contributed by atoms with E-state index in [9.17, 15) is 4.79 Å². The van der Waals surface area contributed by atoms with Crippen molar-refractivity contribution >= 4 is 6.09 Å². The fourth-order valence-electron chi connectivity index (χ4n) is 2.19. The van der Waals surface area contributed by atoms with Gasteiger partial charge in [0.25, 0.3) is 0 Å². The SMILES string of the molecule is CC(C)(C)CC(OC(=O)NN)OC1CCCCC1. The molecule has 1 aliphatic rings. The van der Waals surface area contributed by atoms with Crippen LogP contribution in [0, 0.1) is 5.41 Å². The largest absolute Gasteiger partial charge is 0.423 e. The van der Waals surface area contributed by atoms with Crippen molar-refractivity contribution in [1.29, 1.82) is 0 Å². The second kappa shape index (κ2) is 6.95. The van der Waals surface area contributed by atoms with E-state index in [-0.39, 0.29) is 11.5 Å². The first kappa shape index (κ1) is 15.2. The van der Waals surface area contributed by atoms with E-state index in [1.807, 2.05) is 5.43 Å². The quantitative estimate of drug-likeness (QED) is 0.352. The summed E-state index contributed by atoms with van der Waals surface area (Å²) >= 11 is 0. The molecule has 3 N–H and O–H groups in total. The lowest BCUT2D eigenvalue weighted by Gasteiger charge is -2.30. The minimum atomic E-state index is -0.639. The number of nitrogens with one attached hydrogen (secondary N) is 1. The summed E-state index contributed by atoms with van der Waals surface area (Å²) in [5.41, 5.74) is 2.01. The first-order valence-corrected chi connectivity index (χ1v) is 6.73. The molecule has 1 aliphatic carbocycles. The Morgan fingerprint density at radius 1 is 1.33 bits per heavy atom. The maximum absolute atomic E-state index is 11.2. The molecule has 0 saturated heterocycles.